The number of H-pyrrole nitrogens is 1. The summed E-state index contributed by atoms with van der Waals surface area (Å²) in [5.74, 6) is 6.14. The fourth-order valence-corrected chi connectivity index (χ4v) is 16.9. The van der Waals surface area contributed by atoms with E-state index in [0.29, 0.717) is 6.42 Å². The van der Waals surface area contributed by atoms with Crippen molar-refractivity contribution in [1.82, 2.24) is 9.55 Å². The van der Waals surface area contributed by atoms with Crippen LogP contribution in [-0.2, 0) is 17.7 Å². The van der Waals surface area contributed by atoms with Gasteiger partial charge in [-0.3, -0.25) is 14.3 Å². The lowest BCUT2D eigenvalue weighted by Gasteiger charge is -2.51. The minimum absolute atomic E-state index is 0.0429. The zero-order valence-corrected chi connectivity index (χ0v) is 26.4. The molecule has 0 aliphatic carbocycles. The smallest absolute Gasteiger partial charge is 0.335 e. The molecule has 0 bridgehead atoms. The van der Waals surface area contributed by atoms with Gasteiger partial charge >= 0.3 is 22.8 Å². The number of hydrogen-bond acceptors (Lipinski definition) is 7. The van der Waals surface area contributed by atoms with Crippen molar-refractivity contribution in [3.05, 3.63) is 33.1 Å². The van der Waals surface area contributed by atoms with E-state index in [0.717, 1.165) is 12.8 Å². The van der Waals surface area contributed by atoms with Crippen LogP contribution in [0.2, 0.25) is 22.2 Å². The molecule has 38 heavy (non-hydrogen) atoms. The van der Waals surface area contributed by atoms with Gasteiger partial charge in [0.2, 0.25) is 0 Å². The minimum Gasteiger partial charge on any atom is -0.414 e. The molecule has 214 valence electrons. The number of ether oxygens (including phenoxy) is 1. The number of aromatic amines is 1. The summed E-state index contributed by atoms with van der Waals surface area (Å²) in [6, 6.07) is 1.23. The Morgan fingerprint density at radius 2 is 1.68 bits per heavy atom. The lowest BCUT2D eigenvalue weighted by atomic mass is 9.94. The maximum Gasteiger partial charge on any atom is 0.335 e. The fraction of sp³-hybridized carbons (Fsp3) is 0.778. The zero-order chi connectivity index (χ0) is 28.5. The average Bonchev–Trinajstić information content (AvgIpc) is 3.07. The quantitative estimate of drug-likeness (QED) is 0.287. The van der Waals surface area contributed by atoms with Gasteiger partial charge < -0.3 is 22.8 Å². The van der Waals surface area contributed by atoms with E-state index >= 15 is 0 Å². The predicted octanol–water partition coefficient (Wildman–Crippen LogP) is 4.32. The minimum atomic E-state index is -3.08. The van der Waals surface area contributed by atoms with Gasteiger partial charge in [0.1, 0.15) is 12.2 Å². The summed E-state index contributed by atoms with van der Waals surface area (Å²) in [5.41, 5.74) is -2.70. The van der Waals surface area contributed by atoms with Gasteiger partial charge in [0.25, 0.3) is 5.56 Å². The molecule has 2 N–H and O–H groups in total. The van der Waals surface area contributed by atoms with E-state index in [2.05, 4.69) is 79.1 Å². The highest BCUT2D eigenvalue weighted by molar-refractivity contribution is 6.84. The molecule has 2 fully saturated rings. The van der Waals surface area contributed by atoms with Crippen LogP contribution in [0, 0.1) is 11.8 Å². The first-order chi connectivity index (χ1) is 17.7. The van der Waals surface area contributed by atoms with Gasteiger partial charge in [-0.05, 0) is 28.6 Å². The number of fused-ring (bicyclic) bond motifs is 1. The Bertz CT molecular complexity index is 1120. The van der Waals surface area contributed by atoms with Crippen molar-refractivity contribution in [3.63, 3.8) is 0 Å². The average molecular weight is 567 g/mol. The molecule has 1 aromatic rings. The van der Waals surface area contributed by atoms with Gasteiger partial charge in [0.15, 0.2) is 11.8 Å². The van der Waals surface area contributed by atoms with Crippen LogP contribution in [0.4, 0.5) is 0 Å². The first kappa shape index (κ1) is 31.0. The van der Waals surface area contributed by atoms with Gasteiger partial charge in [-0.15, -0.1) is 0 Å². The molecule has 1 aromatic heterocycles. The van der Waals surface area contributed by atoms with Crippen LogP contribution in [0.5, 0.6) is 0 Å². The number of nitrogens with zero attached hydrogens (tertiary/aromatic N) is 1. The van der Waals surface area contributed by atoms with Crippen LogP contribution in [-0.4, -0.2) is 56.2 Å². The van der Waals surface area contributed by atoms with Crippen LogP contribution in [0.1, 0.15) is 87.8 Å². The number of hydrogen-bond donors (Lipinski definition) is 2. The number of rotatable bonds is 7. The topological polar surface area (TPSA) is 112 Å². The Hall–Kier alpha value is -1.53. The molecule has 2 aliphatic rings. The van der Waals surface area contributed by atoms with Crippen molar-refractivity contribution in [2.45, 2.75) is 128 Å². The second-order valence-electron chi connectivity index (χ2n) is 11.8. The standard InChI is InChI=1S/C27H46N2O7Si2/c1-10-11-12-13-15-27(32)24-22(34-25(27)29-16-14-23(30)28-26(29)31)17-33-37(18(2)3,19(4)5)36-38(35-24,20(6)7)21(8)9/h14,16,18-22,24-25,32H,10-12,17H2,1-9H3,(H,28,30,31)/t22-,24-,25-,27+/m1/s1. The number of nitrogens with one attached hydrogen (secondary N) is 1. The zero-order valence-electron chi connectivity index (χ0n) is 24.4. The van der Waals surface area contributed by atoms with Crippen molar-refractivity contribution in [2.75, 3.05) is 6.61 Å². The van der Waals surface area contributed by atoms with Gasteiger partial charge in [0, 0.05) is 18.7 Å². The van der Waals surface area contributed by atoms with Crippen molar-refractivity contribution in [1.29, 1.82) is 0 Å². The van der Waals surface area contributed by atoms with Gasteiger partial charge in [-0.1, -0.05) is 80.6 Å². The van der Waals surface area contributed by atoms with E-state index in [9.17, 15) is 14.7 Å². The Morgan fingerprint density at radius 3 is 2.21 bits per heavy atom. The fourth-order valence-electron chi connectivity index (χ4n) is 5.67. The Balaban J connectivity index is 2.23. The Kier molecular flexibility index (Phi) is 9.73. The molecule has 3 rings (SSSR count). The molecule has 3 heterocycles. The van der Waals surface area contributed by atoms with Gasteiger partial charge in [-0.2, -0.15) is 0 Å². The van der Waals surface area contributed by atoms with Crippen molar-refractivity contribution in [3.8, 4) is 11.8 Å². The Morgan fingerprint density at radius 1 is 1.08 bits per heavy atom. The summed E-state index contributed by atoms with van der Waals surface area (Å²) in [6.07, 6.45) is 0.956. The summed E-state index contributed by atoms with van der Waals surface area (Å²) in [5, 5.41) is 12.3. The molecule has 0 unspecified atom stereocenters. The largest absolute Gasteiger partial charge is 0.414 e. The molecule has 0 amide bonds. The highest BCUT2D eigenvalue weighted by Gasteiger charge is 2.65. The molecule has 2 saturated heterocycles. The Labute approximate surface area is 228 Å². The molecular formula is C27H46N2O7Si2. The SMILES string of the molecule is CCCCC#C[C@]1(O)[C@@H]2O[Si](C(C)C)(C(C)C)O[Si](C(C)C)(C(C)C)OC[C@H]2O[C@H]1n1ccc(=O)[nH]c1=O. The van der Waals surface area contributed by atoms with E-state index in [1.807, 2.05) is 0 Å². The highest BCUT2D eigenvalue weighted by Crippen LogP contribution is 2.50. The second-order valence-corrected chi connectivity index (χ2v) is 20.6. The van der Waals surface area contributed by atoms with E-state index in [-0.39, 0.29) is 28.8 Å². The van der Waals surface area contributed by atoms with Crippen LogP contribution >= 0.6 is 0 Å². The summed E-state index contributed by atoms with van der Waals surface area (Å²) in [6.45, 7) is 19.2. The number of aromatic nitrogens is 2. The number of unbranched alkanes of at least 4 members (excludes halogenated alkanes) is 2. The van der Waals surface area contributed by atoms with E-state index in [4.69, 9.17) is 17.7 Å². The molecule has 4 atom stereocenters. The summed E-state index contributed by atoms with van der Waals surface area (Å²) < 4.78 is 28.7. The maximum absolute atomic E-state index is 12.8. The lowest BCUT2D eigenvalue weighted by molar-refractivity contribution is -0.0751. The van der Waals surface area contributed by atoms with Gasteiger partial charge in [0.05, 0.1) is 6.61 Å². The molecule has 0 aromatic carbocycles. The van der Waals surface area contributed by atoms with E-state index < -0.39 is 52.4 Å². The molecule has 0 spiro atoms. The summed E-state index contributed by atoms with van der Waals surface area (Å²) >= 11 is 0. The highest BCUT2D eigenvalue weighted by atomic mass is 28.5. The normalized spacial score (nSPS) is 28.7. The van der Waals surface area contributed by atoms with E-state index in [1.54, 1.807) is 0 Å². The van der Waals surface area contributed by atoms with Crippen LogP contribution < -0.4 is 11.2 Å². The van der Waals surface area contributed by atoms with Crippen LogP contribution in [0.15, 0.2) is 21.9 Å². The van der Waals surface area contributed by atoms with E-state index in [1.165, 1.54) is 16.8 Å². The second kappa shape index (κ2) is 11.9. The van der Waals surface area contributed by atoms with Crippen molar-refractivity contribution < 1.29 is 22.8 Å². The molecule has 2 aliphatic heterocycles. The first-order valence-electron chi connectivity index (χ1n) is 14.0. The third-order valence-electron chi connectivity index (χ3n) is 7.82. The van der Waals surface area contributed by atoms with Crippen molar-refractivity contribution >= 4 is 17.1 Å². The molecule has 0 radical (unpaired) electrons. The van der Waals surface area contributed by atoms with Crippen LogP contribution in [0.25, 0.3) is 0 Å². The predicted molar refractivity (Wildman–Crippen MR) is 151 cm³/mol. The third kappa shape index (κ3) is 5.54. The lowest BCUT2D eigenvalue weighted by Crippen LogP contribution is -2.67. The maximum atomic E-state index is 12.8. The van der Waals surface area contributed by atoms with Gasteiger partial charge in [-0.25, -0.2) is 4.79 Å². The summed E-state index contributed by atoms with van der Waals surface area (Å²) in [7, 11) is -5.90. The summed E-state index contributed by atoms with van der Waals surface area (Å²) in [4.78, 5) is 26.9. The molecule has 9 nitrogen and oxygen atoms in total. The number of aliphatic hydroxyl groups is 1. The molecular weight excluding hydrogens is 520 g/mol. The van der Waals surface area contributed by atoms with Crippen molar-refractivity contribution in [2.24, 2.45) is 0 Å². The molecule has 11 heteroatoms. The third-order valence-corrected chi connectivity index (χ3v) is 18.1. The van der Waals surface area contributed by atoms with Crippen LogP contribution in [0.3, 0.4) is 0 Å². The molecule has 0 saturated carbocycles. The monoisotopic (exact) mass is 566 g/mol. The first-order valence-corrected chi connectivity index (χ1v) is 17.9.